The van der Waals surface area contributed by atoms with Crippen LogP contribution in [0.5, 0.6) is 0 Å². The normalized spacial score (nSPS) is 17.0. The number of carbonyl (C=O) groups is 1. The fraction of sp³-hybridized carbons (Fsp3) is 0.353. The summed E-state index contributed by atoms with van der Waals surface area (Å²) in [6, 6.07) is 1.01. The number of carbonyl (C=O) groups excluding carboxylic acids is 1. The summed E-state index contributed by atoms with van der Waals surface area (Å²) >= 11 is 0.957. The summed E-state index contributed by atoms with van der Waals surface area (Å²) in [7, 11) is 0. The first-order valence-corrected chi connectivity index (χ1v) is 9.13. The summed E-state index contributed by atoms with van der Waals surface area (Å²) in [6.07, 6.45) is -3.20. The smallest absolute Gasteiger partial charge is 0.360 e. The highest BCUT2D eigenvalue weighted by atomic mass is 32.1. The Kier molecular flexibility index (Phi) is 3.91. The van der Waals surface area contributed by atoms with Gasteiger partial charge in [-0.3, -0.25) is 9.48 Å². The van der Waals surface area contributed by atoms with Crippen molar-refractivity contribution in [2.75, 3.05) is 5.32 Å². The van der Waals surface area contributed by atoms with Gasteiger partial charge in [0.25, 0.3) is 5.91 Å². The number of hydrogen-bond acceptors (Lipinski definition) is 5. The molecule has 1 unspecified atom stereocenters. The minimum Gasteiger partial charge on any atom is -0.360 e. The van der Waals surface area contributed by atoms with Gasteiger partial charge in [-0.2, -0.15) is 18.3 Å². The van der Waals surface area contributed by atoms with Crippen molar-refractivity contribution in [3.05, 3.63) is 39.7 Å². The highest BCUT2D eigenvalue weighted by Gasteiger charge is 2.36. The largest absolute Gasteiger partial charge is 0.433 e. The van der Waals surface area contributed by atoms with Gasteiger partial charge in [-0.1, -0.05) is 0 Å². The molecular weight excluding hydrogens is 379 g/mol. The number of aromatic nitrogens is 3. The molecule has 2 N–H and O–H groups in total. The molecule has 3 aromatic rings. The summed E-state index contributed by atoms with van der Waals surface area (Å²) in [4.78, 5) is 16.9. The van der Waals surface area contributed by atoms with Gasteiger partial charge in [-0.05, 0) is 32.4 Å². The topological polar surface area (TPSA) is 71.8 Å². The zero-order chi connectivity index (χ0) is 19.5. The molecule has 10 heteroatoms. The lowest BCUT2D eigenvalue weighted by Crippen LogP contribution is -2.37. The van der Waals surface area contributed by atoms with Gasteiger partial charge < -0.3 is 10.6 Å². The summed E-state index contributed by atoms with van der Waals surface area (Å²) in [5.74, 6) is -0.339. The van der Waals surface area contributed by atoms with Crippen molar-refractivity contribution in [3.8, 4) is 0 Å². The second-order valence-corrected chi connectivity index (χ2v) is 7.38. The van der Waals surface area contributed by atoms with Crippen LogP contribution < -0.4 is 10.6 Å². The predicted octanol–water partition coefficient (Wildman–Crippen LogP) is 4.00. The molecule has 0 fully saturated rings. The number of thiophene rings is 1. The summed E-state index contributed by atoms with van der Waals surface area (Å²) in [5.41, 5.74) is 1.57. The van der Waals surface area contributed by atoms with Crippen LogP contribution in [0.2, 0.25) is 0 Å². The summed E-state index contributed by atoms with van der Waals surface area (Å²) in [5, 5.41) is 11.0. The fourth-order valence-electron chi connectivity index (χ4n) is 3.24. The van der Waals surface area contributed by atoms with E-state index in [1.807, 2.05) is 20.0 Å². The Morgan fingerprint density at radius 3 is 2.67 bits per heavy atom. The lowest BCUT2D eigenvalue weighted by Gasteiger charge is -2.26. The molecule has 1 amide bonds. The third-order valence-electron chi connectivity index (χ3n) is 4.54. The van der Waals surface area contributed by atoms with Gasteiger partial charge in [-0.25, -0.2) is 4.98 Å². The third kappa shape index (κ3) is 2.84. The molecule has 0 spiro atoms. The molecule has 0 aromatic carbocycles. The van der Waals surface area contributed by atoms with Crippen LogP contribution in [0, 0.1) is 13.8 Å². The molecule has 1 atom stereocenters. The van der Waals surface area contributed by atoms with E-state index in [1.54, 1.807) is 11.6 Å². The lowest BCUT2D eigenvalue weighted by atomic mass is 10.1. The second-order valence-electron chi connectivity index (χ2n) is 6.38. The van der Waals surface area contributed by atoms with Crippen molar-refractivity contribution in [1.29, 1.82) is 0 Å². The molecular formula is C17H16F3N5OS. The average Bonchev–Trinajstić information content (AvgIpc) is 3.14. The van der Waals surface area contributed by atoms with Gasteiger partial charge in [0.2, 0.25) is 0 Å². The first-order chi connectivity index (χ1) is 12.7. The first-order valence-electron chi connectivity index (χ1n) is 8.31. The summed E-state index contributed by atoms with van der Waals surface area (Å²) in [6.45, 7) is 6.09. The monoisotopic (exact) mass is 395 g/mol. The van der Waals surface area contributed by atoms with Gasteiger partial charge in [-0.15, -0.1) is 11.3 Å². The van der Waals surface area contributed by atoms with E-state index in [0.717, 1.165) is 28.7 Å². The van der Waals surface area contributed by atoms with Crippen molar-refractivity contribution in [2.24, 2.45) is 0 Å². The number of rotatable bonds is 2. The Labute approximate surface area is 156 Å². The van der Waals surface area contributed by atoms with Crippen LogP contribution >= 0.6 is 11.3 Å². The molecule has 3 aromatic heterocycles. The van der Waals surface area contributed by atoms with Crippen LogP contribution in [-0.2, 0) is 12.7 Å². The molecule has 0 bridgehead atoms. The number of fused-ring (bicyclic) bond motifs is 3. The first kappa shape index (κ1) is 17.8. The van der Waals surface area contributed by atoms with Gasteiger partial charge in [0.05, 0.1) is 11.4 Å². The van der Waals surface area contributed by atoms with E-state index < -0.39 is 18.0 Å². The number of nitrogens with zero attached hydrogens (tertiary/aromatic N) is 3. The van der Waals surface area contributed by atoms with Gasteiger partial charge >= 0.3 is 6.18 Å². The maximum Gasteiger partial charge on any atom is 0.433 e. The number of halogens is 3. The van der Waals surface area contributed by atoms with E-state index in [1.165, 1.54) is 0 Å². The molecule has 4 heterocycles. The van der Waals surface area contributed by atoms with E-state index in [9.17, 15) is 18.0 Å². The summed E-state index contributed by atoms with van der Waals surface area (Å²) < 4.78 is 40.9. The van der Waals surface area contributed by atoms with Crippen molar-refractivity contribution < 1.29 is 18.0 Å². The standard InChI is InChI=1S/C17H16F3N5OS/c1-4-25-6-9(8(3)24-25)14-22-12-11-7(2)5-10(17(18,19)20)21-16(11)27-13(12)15(26)23-14/h5-6,14,22H,4H2,1-3H3,(H,23,26). The van der Waals surface area contributed by atoms with E-state index in [4.69, 9.17) is 0 Å². The number of pyridine rings is 1. The number of alkyl halides is 3. The number of hydrogen-bond donors (Lipinski definition) is 2. The maximum atomic E-state index is 13.1. The average molecular weight is 395 g/mol. The molecule has 0 saturated carbocycles. The van der Waals surface area contributed by atoms with Crippen LogP contribution in [0.15, 0.2) is 12.3 Å². The van der Waals surface area contributed by atoms with Crippen LogP contribution in [0.25, 0.3) is 10.2 Å². The second kappa shape index (κ2) is 5.95. The van der Waals surface area contributed by atoms with Crippen molar-refractivity contribution in [3.63, 3.8) is 0 Å². The van der Waals surface area contributed by atoms with Crippen LogP contribution in [-0.4, -0.2) is 20.7 Å². The Morgan fingerprint density at radius 2 is 2.04 bits per heavy atom. The van der Waals surface area contributed by atoms with E-state index in [-0.39, 0.29) is 10.7 Å². The highest BCUT2D eigenvalue weighted by Crippen LogP contribution is 2.42. The molecule has 1 aliphatic heterocycles. The SMILES string of the molecule is CCn1cc(C2NC(=O)c3sc4nc(C(F)(F)F)cc(C)c4c3N2)c(C)n1. The number of nitrogens with one attached hydrogen (secondary N) is 2. The minimum absolute atomic E-state index is 0.191. The maximum absolute atomic E-state index is 13.1. The molecule has 27 heavy (non-hydrogen) atoms. The molecule has 0 saturated heterocycles. The molecule has 6 nitrogen and oxygen atoms in total. The Balaban J connectivity index is 1.83. The number of amides is 1. The van der Waals surface area contributed by atoms with Gasteiger partial charge in [0.1, 0.15) is 21.6 Å². The van der Waals surface area contributed by atoms with Crippen LogP contribution in [0.4, 0.5) is 18.9 Å². The zero-order valence-electron chi connectivity index (χ0n) is 14.7. The van der Waals surface area contributed by atoms with Crippen LogP contribution in [0.1, 0.15) is 45.3 Å². The Bertz CT molecular complexity index is 1070. The van der Waals surface area contributed by atoms with E-state index >= 15 is 0 Å². The van der Waals surface area contributed by atoms with Crippen molar-refractivity contribution >= 4 is 33.1 Å². The zero-order valence-corrected chi connectivity index (χ0v) is 15.5. The lowest BCUT2D eigenvalue weighted by molar-refractivity contribution is -0.141. The quantitative estimate of drug-likeness (QED) is 0.688. The molecule has 1 aliphatic rings. The number of aryl methyl sites for hydroxylation is 3. The Hall–Kier alpha value is -2.62. The number of anilines is 1. The minimum atomic E-state index is -4.53. The van der Waals surface area contributed by atoms with Gasteiger partial charge in [0, 0.05) is 23.7 Å². The highest BCUT2D eigenvalue weighted by molar-refractivity contribution is 7.21. The van der Waals surface area contributed by atoms with Crippen molar-refractivity contribution in [1.82, 2.24) is 20.1 Å². The van der Waals surface area contributed by atoms with E-state index in [0.29, 0.717) is 28.1 Å². The molecule has 4 rings (SSSR count). The van der Waals surface area contributed by atoms with E-state index in [2.05, 4.69) is 20.7 Å². The van der Waals surface area contributed by atoms with Gasteiger partial charge in [0.15, 0.2) is 0 Å². The fourth-order valence-corrected chi connectivity index (χ4v) is 4.35. The Morgan fingerprint density at radius 1 is 1.30 bits per heavy atom. The predicted molar refractivity (Wildman–Crippen MR) is 95.8 cm³/mol. The third-order valence-corrected chi connectivity index (χ3v) is 5.62. The molecule has 0 radical (unpaired) electrons. The van der Waals surface area contributed by atoms with Crippen LogP contribution in [0.3, 0.4) is 0 Å². The van der Waals surface area contributed by atoms with Crippen molar-refractivity contribution in [2.45, 2.75) is 39.7 Å². The molecule has 142 valence electrons. The molecule has 0 aliphatic carbocycles.